The molecular weight excluding hydrogens is 346 g/mol. The second-order valence-corrected chi connectivity index (χ2v) is 7.20. The fraction of sp³-hybridized carbons (Fsp3) is 0.440. The number of hydrogen-bond donors (Lipinski definition) is 0. The number of rotatable bonds is 14. The Labute approximate surface area is 169 Å². The largest absolute Gasteiger partial charge is 0.494 e. The molecule has 0 fully saturated rings. The molecule has 0 radical (unpaired) electrons. The first kappa shape index (κ1) is 21.7. The highest BCUT2D eigenvalue weighted by Crippen LogP contribution is 2.23. The summed E-state index contributed by atoms with van der Waals surface area (Å²) in [5.41, 5.74) is 2.91. The SMILES string of the molecule is N#Cc1ccc(-c2ccc(OCCCCCCCCCCCC=O)cc2)cc1. The lowest BCUT2D eigenvalue weighted by Crippen LogP contribution is -1.97. The number of ether oxygens (including phenoxy) is 1. The lowest BCUT2D eigenvalue weighted by molar-refractivity contribution is -0.107. The van der Waals surface area contributed by atoms with Crippen LogP contribution in [0, 0.1) is 11.3 Å². The molecule has 0 aromatic heterocycles. The fourth-order valence-corrected chi connectivity index (χ4v) is 3.24. The van der Waals surface area contributed by atoms with Crippen molar-refractivity contribution in [1.29, 1.82) is 5.26 Å². The van der Waals surface area contributed by atoms with Gasteiger partial charge in [0.15, 0.2) is 0 Å². The Balaban J connectivity index is 1.54. The molecule has 0 N–H and O–H groups in total. The first-order valence-corrected chi connectivity index (χ1v) is 10.5. The van der Waals surface area contributed by atoms with Crippen molar-refractivity contribution in [2.24, 2.45) is 0 Å². The van der Waals surface area contributed by atoms with Gasteiger partial charge in [0.2, 0.25) is 0 Å². The number of carbonyl (C=O) groups is 1. The molecular formula is C25H31NO2. The molecule has 0 unspecified atom stereocenters. The first-order valence-electron chi connectivity index (χ1n) is 10.5. The predicted octanol–water partition coefficient (Wildman–Crippen LogP) is 6.70. The molecule has 0 aliphatic carbocycles. The Kier molecular flexibility index (Phi) is 10.5. The average molecular weight is 378 g/mol. The average Bonchev–Trinajstić information content (AvgIpc) is 2.75. The van der Waals surface area contributed by atoms with Gasteiger partial charge in [-0.2, -0.15) is 5.26 Å². The van der Waals surface area contributed by atoms with Gasteiger partial charge in [0.05, 0.1) is 18.2 Å². The lowest BCUT2D eigenvalue weighted by Gasteiger charge is -2.08. The van der Waals surface area contributed by atoms with Crippen LogP contribution in [-0.4, -0.2) is 12.9 Å². The van der Waals surface area contributed by atoms with Crippen LogP contribution < -0.4 is 4.74 Å². The summed E-state index contributed by atoms with van der Waals surface area (Å²) in [7, 11) is 0. The summed E-state index contributed by atoms with van der Waals surface area (Å²) < 4.78 is 5.84. The number of carbonyl (C=O) groups excluding carboxylic acids is 1. The molecule has 3 nitrogen and oxygen atoms in total. The van der Waals surface area contributed by atoms with Crippen LogP contribution in [0.2, 0.25) is 0 Å². The standard InChI is InChI=1S/C25H31NO2/c26-21-22-11-13-23(14-12-22)24-15-17-25(18-16-24)28-20-10-8-6-4-2-1-3-5-7-9-19-27/h11-19H,1-10,20H2. The third-order valence-corrected chi connectivity index (χ3v) is 4.94. The second kappa shape index (κ2) is 13.6. The summed E-state index contributed by atoms with van der Waals surface area (Å²) in [6, 6.07) is 17.9. The fourth-order valence-electron chi connectivity index (χ4n) is 3.24. The van der Waals surface area contributed by atoms with E-state index in [1.54, 1.807) is 0 Å². The highest BCUT2D eigenvalue weighted by Gasteiger charge is 2.00. The van der Waals surface area contributed by atoms with Crippen LogP contribution >= 0.6 is 0 Å². The topological polar surface area (TPSA) is 50.1 Å². The van der Waals surface area contributed by atoms with Crippen LogP contribution in [-0.2, 0) is 4.79 Å². The maximum Gasteiger partial charge on any atom is 0.119 e. The summed E-state index contributed by atoms with van der Waals surface area (Å²) in [5.74, 6) is 0.910. The van der Waals surface area contributed by atoms with Crippen LogP contribution in [0.15, 0.2) is 48.5 Å². The minimum atomic E-state index is 0.679. The summed E-state index contributed by atoms with van der Waals surface area (Å²) in [4.78, 5) is 10.2. The molecule has 0 aliphatic rings. The van der Waals surface area contributed by atoms with E-state index in [0.29, 0.717) is 5.56 Å². The van der Waals surface area contributed by atoms with Gasteiger partial charge >= 0.3 is 0 Å². The maximum absolute atomic E-state index is 10.2. The van der Waals surface area contributed by atoms with Crippen molar-refractivity contribution in [2.45, 2.75) is 64.2 Å². The molecule has 0 amide bonds. The first-order chi connectivity index (χ1) is 13.8. The lowest BCUT2D eigenvalue weighted by atomic mass is 10.0. The summed E-state index contributed by atoms with van der Waals surface area (Å²) in [6.45, 7) is 0.766. The second-order valence-electron chi connectivity index (χ2n) is 7.20. The Morgan fingerprint density at radius 2 is 1.21 bits per heavy atom. The van der Waals surface area contributed by atoms with Crippen LogP contribution in [0.1, 0.15) is 69.8 Å². The molecule has 2 aromatic carbocycles. The minimum Gasteiger partial charge on any atom is -0.494 e. The number of benzene rings is 2. The van der Waals surface area contributed by atoms with Gasteiger partial charge in [0.1, 0.15) is 12.0 Å². The molecule has 2 rings (SSSR count). The summed E-state index contributed by atoms with van der Waals surface area (Å²) >= 11 is 0. The predicted molar refractivity (Wildman–Crippen MR) is 114 cm³/mol. The van der Waals surface area contributed by atoms with E-state index in [4.69, 9.17) is 10.00 Å². The van der Waals surface area contributed by atoms with Crippen molar-refractivity contribution in [3.05, 3.63) is 54.1 Å². The molecule has 0 spiro atoms. The van der Waals surface area contributed by atoms with E-state index in [2.05, 4.69) is 18.2 Å². The smallest absolute Gasteiger partial charge is 0.119 e. The Morgan fingerprint density at radius 3 is 1.75 bits per heavy atom. The van der Waals surface area contributed by atoms with Crippen molar-refractivity contribution in [1.82, 2.24) is 0 Å². The van der Waals surface area contributed by atoms with Gasteiger partial charge in [-0.1, -0.05) is 69.2 Å². The molecule has 0 aliphatic heterocycles. The highest BCUT2D eigenvalue weighted by atomic mass is 16.5. The van der Waals surface area contributed by atoms with Crippen molar-refractivity contribution in [3.8, 4) is 22.9 Å². The van der Waals surface area contributed by atoms with Gasteiger partial charge in [-0.05, 0) is 48.2 Å². The van der Waals surface area contributed by atoms with Crippen LogP contribution in [0.5, 0.6) is 5.75 Å². The van der Waals surface area contributed by atoms with Crippen molar-refractivity contribution in [3.63, 3.8) is 0 Å². The summed E-state index contributed by atoms with van der Waals surface area (Å²) in [5, 5.41) is 8.87. The maximum atomic E-state index is 10.2. The van der Waals surface area contributed by atoms with Crippen molar-refractivity contribution in [2.75, 3.05) is 6.61 Å². The van der Waals surface area contributed by atoms with Gasteiger partial charge < -0.3 is 9.53 Å². The summed E-state index contributed by atoms with van der Waals surface area (Å²) in [6.07, 6.45) is 12.7. The third kappa shape index (κ3) is 8.39. The van der Waals surface area contributed by atoms with Crippen LogP contribution in [0.4, 0.5) is 0 Å². The number of nitriles is 1. The van der Waals surface area contributed by atoms with E-state index in [-0.39, 0.29) is 0 Å². The molecule has 0 bridgehead atoms. The van der Waals surface area contributed by atoms with E-state index < -0.39 is 0 Å². The van der Waals surface area contributed by atoms with Crippen molar-refractivity contribution < 1.29 is 9.53 Å². The van der Waals surface area contributed by atoms with Gasteiger partial charge in [0, 0.05) is 6.42 Å². The van der Waals surface area contributed by atoms with Crippen LogP contribution in [0.3, 0.4) is 0 Å². The molecule has 0 heterocycles. The Hall–Kier alpha value is -2.60. The van der Waals surface area contributed by atoms with Gasteiger partial charge in [-0.3, -0.25) is 0 Å². The molecule has 0 saturated carbocycles. The minimum absolute atomic E-state index is 0.679. The quantitative estimate of drug-likeness (QED) is 0.272. The van der Waals surface area contributed by atoms with Gasteiger partial charge in [-0.15, -0.1) is 0 Å². The third-order valence-electron chi connectivity index (χ3n) is 4.94. The normalized spacial score (nSPS) is 10.4. The number of unbranched alkanes of at least 4 members (excludes halogenated alkanes) is 9. The van der Waals surface area contributed by atoms with E-state index in [0.717, 1.165) is 49.0 Å². The van der Waals surface area contributed by atoms with Crippen LogP contribution in [0.25, 0.3) is 11.1 Å². The monoisotopic (exact) mass is 377 g/mol. The zero-order chi connectivity index (χ0) is 19.9. The van der Waals surface area contributed by atoms with Gasteiger partial charge in [-0.25, -0.2) is 0 Å². The van der Waals surface area contributed by atoms with E-state index in [1.807, 2.05) is 36.4 Å². The molecule has 148 valence electrons. The molecule has 3 heteroatoms. The number of nitrogens with zero attached hydrogens (tertiary/aromatic N) is 1. The van der Waals surface area contributed by atoms with Crippen molar-refractivity contribution >= 4 is 6.29 Å². The van der Waals surface area contributed by atoms with E-state index >= 15 is 0 Å². The van der Waals surface area contributed by atoms with Gasteiger partial charge in [0.25, 0.3) is 0 Å². The Bertz CT molecular complexity index is 714. The number of hydrogen-bond acceptors (Lipinski definition) is 3. The van der Waals surface area contributed by atoms with E-state index in [9.17, 15) is 4.79 Å². The molecule has 0 saturated heterocycles. The molecule has 0 atom stereocenters. The zero-order valence-corrected chi connectivity index (χ0v) is 16.7. The zero-order valence-electron chi connectivity index (χ0n) is 16.7. The van der Waals surface area contributed by atoms with E-state index in [1.165, 1.54) is 44.9 Å². The Morgan fingerprint density at radius 1 is 0.714 bits per heavy atom. The highest BCUT2D eigenvalue weighted by molar-refractivity contribution is 5.64. The molecule has 28 heavy (non-hydrogen) atoms. The number of aldehydes is 1. The molecule has 2 aromatic rings.